The van der Waals surface area contributed by atoms with Crippen molar-refractivity contribution < 1.29 is 9.53 Å². The molecule has 0 unspecified atom stereocenters. The number of hydrogen-bond donors (Lipinski definition) is 0. The van der Waals surface area contributed by atoms with Crippen molar-refractivity contribution >= 4 is 44.2 Å². The molecular formula is C25H22ClN3O2S. The van der Waals surface area contributed by atoms with Crippen LogP contribution in [0, 0.1) is 6.92 Å². The summed E-state index contributed by atoms with van der Waals surface area (Å²) in [5, 5.41) is 1.72. The van der Waals surface area contributed by atoms with Gasteiger partial charge in [0.1, 0.15) is 11.5 Å². The SMILES string of the molecule is Cc1c(Cl)ccc2sc(N3CCN(C(=O)c4cccc(Oc5ccccc5)c4)CC3)nc12. The number of amides is 1. The summed E-state index contributed by atoms with van der Waals surface area (Å²) in [7, 11) is 0. The molecule has 1 aliphatic heterocycles. The summed E-state index contributed by atoms with van der Waals surface area (Å²) in [6.45, 7) is 4.80. The molecule has 1 aliphatic rings. The van der Waals surface area contributed by atoms with Gasteiger partial charge in [-0.05, 0) is 55.0 Å². The Bertz CT molecular complexity index is 1270. The van der Waals surface area contributed by atoms with Gasteiger partial charge < -0.3 is 14.5 Å². The van der Waals surface area contributed by atoms with E-state index in [1.165, 1.54) is 0 Å². The predicted molar refractivity (Wildman–Crippen MR) is 130 cm³/mol. The van der Waals surface area contributed by atoms with Gasteiger partial charge in [0, 0.05) is 36.8 Å². The van der Waals surface area contributed by atoms with Crippen LogP contribution in [0.25, 0.3) is 10.2 Å². The first-order valence-corrected chi connectivity index (χ1v) is 11.7. The van der Waals surface area contributed by atoms with Crippen LogP contribution >= 0.6 is 22.9 Å². The number of rotatable bonds is 4. The van der Waals surface area contributed by atoms with E-state index in [1.54, 1.807) is 11.3 Å². The van der Waals surface area contributed by atoms with Gasteiger partial charge in [-0.15, -0.1) is 0 Å². The Morgan fingerprint density at radius 1 is 0.969 bits per heavy atom. The molecule has 162 valence electrons. The highest BCUT2D eigenvalue weighted by Gasteiger charge is 2.24. The molecule has 2 heterocycles. The van der Waals surface area contributed by atoms with Gasteiger partial charge >= 0.3 is 0 Å². The maximum Gasteiger partial charge on any atom is 0.254 e. The van der Waals surface area contributed by atoms with Crippen LogP contribution in [0.15, 0.2) is 66.7 Å². The zero-order valence-corrected chi connectivity index (χ0v) is 19.2. The van der Waals surface area contributed by atoms with E-state index in [2.05, 4.69) is 4.90 Å². The van der Waals surface area contributed by atoms with Crippen molar-refractivity contribution in [3.63, 3.8) is 0 Å². The minimum absolute atomic E-state index is 0.0232. The first kappa shape index (κ1) is 20.8. The number of halogens is 1. The van der Waals surface area contributed by atoms with Crippen molar-refractivity contribution in [1.29, 1.82) is 0 Å². The number of fused-ring (bicyclic) bond motifs is 1. The first-order chi connectivity index (χ1) is 15.6. The van der Waals surface area contributed by atoms with Crippen LogP contribution in [0.2, 0.25) is 5.02 Å². The van der Waals surface area contributed by atoms with Crippen molar-refractivity contribution in [2.24, 2.45) is 0 Å². The van der Waals surface area contributed by atoms with Crippen molar-refractivity contribution in [2.75, 3.05) is 31.1 Å². The Morgan fingerprint density at radius 3 is 2.50 bits per heavy atom. The Balaban J connectivity index is 1.26. The number of aromatic nitrogens is 1. The van der Waals surface area contributed by atoms with E-state index in [0.29, 0.717) is 24.4 Å². The summed E-state index contributed by atoms with van der Waals surface area (Å²) in [6, 6.07) is 20.9. The summed E-state index contributed by atoms with van der Waals surface area (Å²) in [5.41, 5.74) is 2.61. The van der Waals surface area contributed by atoms with Gasteiger partial charge in [-0.25, -0.2) is 4.98 Å². The van der Waals surface area contributed by atoms with Gasteiger partial charge in [-0.1, -0.05) is 47.2 Å². The van der Waals surface area contributed by atoms with E-state index < -0.39 is 0 Å². The number of para-hydroxylation sites is 1. The molecular weight excluding hydrogens is 442 g/mol. The van der Waals surface area contributed by atoms with Crippen LogP contribution in [0.1, 0.15) is 15.9 Å². The Hall–Kier alpha value is -3.09. The Morgan fingerprint density at radius 2 is 1.72 bits per heavy atom. The topological polar surface area (TPSA) is 45.7 Å². The molecule has 5 nitrogen and oxygen atoms in total. The number of anilines is 1. The molecule has 0 atom stereocenters. The lowest BCUT2D eigenvalue weighted by atomic mass is 10.1. The summed E-state index contributed by atoms with van der Waals surface area (Å²) in [4.78, 5) is 22.1. The van der Waals surface area contributed by atoms with E-state index in [-0.39, 0.29) is 5.91 Å². The summed E-state index contributed by atoms with van der Waals surface area (Å²) >= 11 is 7.92. The minimum atomic E-state index is 0.0232. The molecule has 4 aromatic rings. The van der Waals surface area contributed by atoms with Crippen LogP contribution in [0.3, 0.4) is 0 Å². The highest BCUT2D eigenvalue weighted by molar-refractivity contribution is 7.22. The van der Waals surface area contributed by atoms with E-state index in [1.807, 2.05) is 78.6 Å². The molecule has 1 amide bonds. The van der Waals surface area contributed by atoms with Gasteiger partial charge in [0.15, 0.2) is 5.13 Å². The third-order valence-corrected chi connectivity index (χ3v) is 7.12. The third-order valence-electron chi connectivity index (χ3n) is 5.63. The molecule has 0 bridgehead atoms. The fourth-order valence-corrected chi connectivity index (χ4v) is 5.05. The number of piperazine rings is 1. The molecule has 0 N–H and O–H groups in total. The second-order valence-corrected chi connectivity index (χ2v) is 9.15. The van der Waals surface area contributed by atoms with Crippen LogP contribution in [0.5, 0.6) is 11.5 Å². The number of nitrogens with zero attached hydrogens (tertiary/aromatic N) is 3. The lowest BCUT2D eigenvalue weighted by molar-refractivity contribution is 0.0746. The van der Waals surface area contributed by atoms with Crippen molar-refractivity contribution in [2.45, 2.75) is 6.92 Å². The number of carbonyl (C=O) groups excluding carboxylic acids is 1. The van der Waals surface area contributed by atoms with Crippen LogP contribution < -0.4 is 9.64 Å². The van der Waals surface area contributed by atoms with Crippen LogP contribution in [0.4, 0.5) is 5.13 Å². The van der Waals surface area contributed by atoms with Gasteiger partial charge in [-0.2, -0.15) is 0 Å². The summed E-state index contributed by atoms with van der Waals surface area (Å²) in [5.74, 6) is 1.43. The molecule has 3 aromatic carbocycles. The van der Waals surface area contributed by atoms with Gasteiger partial charge in [0.2, 0.25) is 0 Å². The summed E-state index contributed by atoms with van der Waals surface area (Å²) < 4.78 is 7.02. The smallest absolute Gasteiger partial charge is 0.254 e. The monoisotopic (exact) mass is 463 g/mol. The molecule has 32 heavy (non-hydrogen) atoms. The fourth-order valence-electron chi connectivity index (χ4n) is 3.82. The number of aryl methyl sites for hydroxylation is 1. The number of thiazole rings is 1. The van der Waals surface area contributed by atoms with Crippen molar-refractivity contribution in [1.82, 2.24) is 9.88 Å². The van der Waals surface area contributed by atoms with E-state index in [4.69, 9.17) is 21.3 Å². The van der Waals surface area contributed by atoms with E-state index >= 15 is 0 Å². The normalized spacial score (nSPS) is 14.1. The Labute approximate surface area is 195 Å². The average molecular weight is 464 g/mol. The Kier molecular flexibility index (Phi) is 5.72. The second kappa shape index (κ2) is 8.81. The van der Waals surface area contributed by atoms with Gasteiger partial charge in [-0.3, -0.25) is 4.79 Å². The zero-order chi connectivity index (χ0) is 22.1. The van der Waals surface area contributed by atoms with Gasteiger partial charge in [0.05, 0.1) is 10.2 Å². The maximum absolute atomic E-state index is 13.1. The quantitative estimate of drug-likeness (QED) is 0.371. The van der Waals surface area contributed by atoms with Crippen molar-refractivity contribution in [3.05, 3.63) is 82.9 Å². The molecule has 1 aromatic heterocycles. The van der Waals surface area contributed by atoms with Crippen LogP contribution in [-0.4, -0.2) is 42.0 Å². The third kappa shape index (κ3) is 4.16. The molecule has 5 rings (SSSR count). The molecule has 0 saturated carbocycles. The highest BCUT2D eigenvalue weighted by atomic mass is 35.5. The predicted octanol–water partition coefficient (Wildman–Crippen LogP) is 6.01. The standard InChI is InChI=1S/C25H22ClN3O2S/c1-17-21(26)10-11-22-23(17)27-25(32-22)29-14-12-28(13-15-29)24(30)18-6-5-9-20(16-18)31-19-7-3-2-4-8-19/h2-11,16H,12-15H2,1H3. The molecule has 7 heteroatoms. The van der Waals surface area contributed by atoms with Crippen LogP contribution in [-0.2, 0) is 0 Å². The molecule has 0 aliphatic carbocycles. The number of carbonyl (C=O) groups is 1. The molecule has 1 fully saturated rings. The summed E-state index contributed by atoms with van der Waals surface area (Å²) in [6.07, 6.45) is 0. The fraction of sp³-hybridized carbons (Fsp3) is 0.200. The number of hydrogen-bond acceptors (Lipinski definition) is 5. The minimum Gasteiger partial charge on any atom is -0.457 e. The average Bonchev–Trinajstić information content (AvgIpc) is 3.27. The first-order valence-electron chi connectivity index (χ1n) is 10.5. The lowest BCUT2D eigenvalue weighted by Crippen LogP contribution is -2.48. The maximum atomic E-state index is 13.1. The second-order valence-electron chi connectivity index (χ2n) is 7.74. The molecule has 0 spiro atoms. The van der Waals surface area contributed by atoms with E-state index in [9.17, 15) is 4.79 Å². The largest absolute Gasteiger partial charge is 0.457 e. The van der Waals surface area contributed by atoms with Crippen molar-refractivity contribution in [3.8, 4) is 11.5 Å². The number of benzene rings is 3. The molecule has 1 saturated heterocycles. The lowest BCUT2D eigenvalue weighted by Gasteiger charge is -2.34. The van der Waals surface area contributed by atoms with E-state index in [0.717, 1.165) is 44.8 Å². The zero-order valence-electron chi connectivity index (χ0n) is 17.6. The van der Waals surface area contributed by atoms with Gasteiger partial charge in [0.25, 0.3) is 5.91 Å². The molecule has 0 radical (unpaired) electrons. The highest BCUT2D eigenvalue weighted by Crippen LogP contribution is 2.34. The number of ether oxygens (including phenoxy) is 1.